The number of nitrogens with zero attached hydrogens (tertiary/aromatic N) is 1. The summed E-state index contributed by atoms with van der Waals surface area (Å²) in [5.74, 6) is 0.926. The third-order valence-corrected chi connectivity index (χ3v) is 3.51. The van der Waals surface area contributed by atoms with Crippen LogP contribution in [0.15, 0.2) is 12.1 Å². The van der Waals surface area contributed by atoms with E-state index < -0.39 is 0 Å². The molecule has 0 bridgehead atoms. The number of hydrogen-bond donors (Lipinski definition) is 1. The molecule has 0 aliphatic rings. The first-order chi connectivity index (χ1) is 8.81. The molecule has 0 aliphatic carbocycles. The second-order valence-electron chi connectivity index (χ2n) is 5.75. The maximum Gasteiger partial charge on any atom is 0.122 e. The molecule has 0 aromatic heterocycles. The van der Waals surface area contributed by atoms with Crippen molar-refractivity contribution in [2.24, 2.45) is 0 Å². The van der Waals surface area contributed by atoms with Crippen LogP contribution in [0, 0.1) is 25.2 Å². The molecule has 1 rings (SSSR count). The van der Waals surface area contributed by atoms with Gasteiger partial charge in [-0.1, -0.05) is 19.9 Å². The molecule has 0 aliphatic heterocycles. The summed E-state index contributed by atoms with van der Waals surface area (Å²) < 4.78 is 5.35. The minimum absolute atomic E-state index is 0.0216. The summed E-state index contributed by atoms with van der Waals surface area (Å²) >= 11 is 0. The second-order valence-corrected chi connectivity index (χ2v) is 5.75. The number of methoxy groups -OCH3 is 1. The Labute approximate surface area is 116 Å². The molecule has 3 nitrogen and oxygen atoms in total. The SMILES string of the molecule is COc1cc(C)c(C(C)(C)CNC(C)C#N)cc1C. The van der Waals surface area contributed by atoms with Crippen LogP contribution in [0.5, 0.6) is 5.75 Å². The topological polar surface area (TPSA) is 45.0 Å². The Bertz CT molecular complexity index is 486. The zero-order valence-electron chi connectivity index (χ0n) is 12.8. The van der Waals surface area contributed by atoms with E-state index in [4.69, 9.17) is 10.00 Å². The second kappa shape index (κ2) is 6.08. The zero-order valence-corrected chi connectivity index (χ0v) is 12.8. The number of ether oxygens (including phenoxy) is 1. The Morgan fingerprint density at radius 2 is 1.95 bits per heavy atom. The number of hydrogen-bond acceptors (Lipinski definition) is 3. The number of benzene rings is 1. The van der Waals surface area contributed by atoms with E-state index in [1.165, 1.54) is 11.1 Å². The van der Waals surface area contributed by atoms with Crippen molar-refractivity contribution < 1.29 is 4.74 Å². The van der Waals surface area contributed by atoms with Gasteiger partial charge < -0.3 is 10.1 Å². The molecule has 1 aromatic carbocycles. The Hall–Kier alpha value is -1.53. The van der Waals surface area contributed by atoms with Gasteiger partial charge in [0.2, 0.25) is 0 Å². The fourth-order valence-corrected chi connectivity index (χ4v) is 2.29. The van der Waals surface area contributed by atoms with Crippen LogP contribution < -0.4 is 10.1 Å². The minimum Gasteiger partial charge on any atom is -0.496 e. The van der Waals surface area contributed by atoms with E-state index in [0.29, 0.717) is 0 Å². The highest BCUT2D eigenvalue weighted by atomic mass is 16.5. The highest BCUT2D eigenvalue weighted by molar-refractivity contribution is 5.44. The average molecular weight is 260 g/mol. The number of aryl methyl sites for hydroxylation is 2. The van der Waals surface area contributed by atoms with E-state index in [1.54, 1.807) is 7.11 Å². The summed E-state index contributed by atoms with van der Waals surface area (Å²) in [6.45, 7) is 11.2. The van der Waals surface area contributed by atoms with Crippen molar-refractivity contribution in [2.75, 3.05) is 13.7 Å². The molecule has 0 radical (unpaired) electrons. The van der Waals surface area contributed by atoms with E-state index in [9.17, 15) is 0 Å². The summed E-state index contributed by atoms with van der Waals surface area (Å²) in [7, 11) is 1.70. The maximum absolute atomic E-state index is 8.84. The third-order valence-electron chi connectivity index (χ3n) is 3.51. The van der Waals surface area contributed by atoms with Crippen LogP contribution in [-0.2, 0) is 5.41 Å². The van der Waals surface area contributed by atoms with Crippen LogP contribution in [-0.4, -0.2) is 19.7 Å². The number of nitrogens with one attached hydrogen (secondary N) is 1. The van der Waals surface area contributed by atoms with Crippen molar-refractivity contribution in [1.82, 2.24) is 5.32 Å². The molecule has 19 heavy (non-hydrogen) atoms. The molecular formula is C16H24N2O. The van der Waals surface area contributed by atoms with E-state index in [0.717, 1.165) is 17.9 Å². The van der Waals surface area contributed by atoms with Gasteiger partial charge in [0, 0.05) is 12.0 Å². The molecule has 3 heteroatoms. The van der Waals surface area contributed by atoms with Gasteiger partial charge >= 0.3 is 0 Å². The Morgan fingerprint density at radius 3 is 2.47 bits per heavy atom. The normalized spacial score (nSPS) is 12.9. The van der Waals surface area contributed by atoms with Crippen molar-refractivity contribution >= 4 is 0 Å². The van der Waals surface area contributed by atoms with Crippen molar-refractivity contribution in [3.63, 3.8) is 0 Å². The molecule has 1 unspecified atom stereocenters. The van der Waals surface area contributed by atoms with Gasteiger partial charge in [0.25, 0.3) is 0 Å². The number of rotatable bonds is 5. The molecule has 1 aromatic rings. The summed E-state index contributed by atoms with van der Waals surface area (Å²) in [6, 6.07) is 6.35. The Balaban J connectivity index is 3.01. The molecule has 1 atom stereocenters. The summed E-state index contributed by atoms with van der Waals surface area (Å²) in [5.41, 5.74) is 3.64. The summed E-state index contributed by atoms with van der Waals surface area (Å²) in [4.78, 5) is 0. The zero-order chi connectivity index (χ0) is 14.6. The predicted molar refractivity (Wildman–Crippen MR) is 78.6 cm³/mol. The van der Waals surface area contributed by atoms with Crippen LogP contribution in [0.4, 0.5) is 0 Å². The molecule has 0 amide bonds. The standard InChI is InChI=1S/C16H24N2O/c1-11-8-15(19-6)12(2)7-14(11)16(4,5)10-18-13(3)9-17/h7-8,13,18H,10H2,1-6H3. The van der Waals surface area contributed by atoms with Gasteiger partial charge in [0.05, 0.1) is 19.2 Å². The van der Waals surface area contributed by atoms with Crippen molar-refractivity contribution in [2.45, 2.75) is 46.1 Å². The van der Waals surface area contributed by atoms with Gasteiger partial charge in [-0.05, 0) is 43.5 Å². The molecule has 0 saturated carbocycles. The highest BCUT2D eigenvalue weighted by Gasteiger charge is 2.24. The maximum atomic E-state index is 8.84. The quantitative estimate of drug-likeness (QED) is 0.885. The van der Waals surface area contributed by atoms with Gasteiger partial charge in [-0.3, -0.25) is 0 Å². The predicted octanol–water partition coefficient (Wildman–Crippen LogP) is 3.09. The number of nitriles is 1. The fraction of sp³-hybridized carbons (Fsp3) is 0.562. The Morgan fingerprint density at radius 1 is 1.32 bits per heavy atom. The van der Waals surface area contributed by atoms with Crippen molar-refractivity contribution in [3.8, 4) is 11.8 Å². The first-order valence-corrected chi connectivity index (χ1v) is 6.60. The van der Waals surface area contributed by atoms with Crippen LogP contribution in [0.25, 0.3) is 0 Å². The molecule has 0 heterocycles. The fourth-order valence-electron chi connectivity index (χ4n) is 2.29. The monoisotopic (exact) mass is 260 g/mol. The van der Waals surface area contributed by atoms with E-state index in [2.05, 4.69) is 51.2 Å². The van der Waals surface area contributed by atoms with Crippen LogP contribution in [0.2, 0.25) is 0 Å². The van der Waals surface area contributed by atoms with Crippen LogP contribution in [0.1, 0.15) is 37.5 Å². The summed E-state index contributed by atoms with van der Waals surface area (Å²) in [5, 5.41) is 12.1. The molecule has 104 valence electrons. The summed E-state index contributed by atoms with van der Waals surface area (Å²) in [6.07, 6.45) is 0. The molecular weight excluding hydrogens is 236 g/mol. The lowest BCUT2D eigenvalue weighted by atomic mass is 9.81. The highest BCUT2D eigenvalue weighted by Crippen LogP contribution is 2.31. The largest absolute Gasteiger partial charge is 0.496 e. The third kappa shape index (κ3) is 3.71. The van der Waals surface area contributed by atoms with E-state index in [1.807, 2.05) is 6.92 Å². The van der Waals surface area contributed by atoms with Gasteiger partial charge in [0.15, 0.2) is 0 Å². The minimum atomic E-state index is -0.126. The van der Waals surface area contributed by atoms with E-state index in [-0.39, 0.29) is 11.5 Å². The lowest BCUT2D eigenvalue weighted by molar-refractivity contribution is 0.409. The molecule has 0 saturated heterocycles. The first-order valence-electron chi connectivity index (χ1n) is 6.60. The van der Waals surface area contributed by atoms with Crippen molar-refractivity contribution in [3.05, 3.63) is 28.8 Å². The lowest BCUT2D eigenvalue weighted by Gasteiger charge is -2.29. The molecule has 0 fully saturated rings. The average Bonchev–Trinajstić information content (AvgIpc) is 2.38. The molecule has 0 spiro atoms. The van der Waals surface area contributed by atoms with Gasteiger partial charge in [-0.15, -0.1) is 0 Å². The molecule has 1 N–H and O–H groups in total. The van der Waals surface area contributed by atoms with Gasteiger partial charge in [-0.25, -0.2) is 0 Å². The smallest absolute Gasteiger partial charge is 0.122 e. The van der Waals surface area contributed by atoms with E-state index >= 15 is 0 Å². The van der Waals surface area contributed by atoms with Gasteiger partial charge in [-0.2, -0.15) is 5.26 Å². The van der Waals surface area contributed by atoms with Gasteiger partial charge in [0.1, 0.15) is 5.75 Å². The first kappa shape index (κ1) is 15.5. The van der Waals surface area contributed by atoms with Crippen LogP contribution >= 0.6 is 0 Å². The lowest BCUT2D eigenvalue weighted by Crippen LogP contribution is -2.37. The van der Waals surface area contributed by atoms with Crippen LogP contribution in [0.3, 0.4) is 0 Å². The Kier molecular flexibility index (Phi) is 4.97. The van der Waals surface area contributed by atoms with Crippen molar-refractivity contribution in [1.29, 1.82) is 5.26 Å².